The summed E-state index contributed by atoms with van der Waals surface area (Å²) < 4.78 is 16.5. The average Bonchev–Trinajstić information content (AvgIpc) is 3.07. The Bertz CT molecular complexity index is 1130. The van der Waals surface area contributed by atoms with Gasteiger partial charge in [0.2, 0.25) is 0 Å². The molecule has 1 amide bonds. The van der Waals surface area contributed by atoms with E-state index < -0.39 is 18.5 Å². The molecule has 0 saturated heterocycles. The Kier molecular flexibility index (Phi) is 6.77. The number of benzene rings is 2. The molecule has 0 aliphatic heterocycles. The first-order valence-electron chi connectivity index (χ1n) is 9.55. The lowest BCUT2D eigenvalue weighted by Crippen LogP contribution is -2.21. The highest BCUT2D eigenvalue weighted by molar-refractivity contribution is 7.21. The minimum Gasteiger partial charge on any atom is -0.497 e. The Morgan fingerprint density at radius 3 is 2.45 bits per heavy atom. The van der Waals surface area contributed by atoms with Crippen LogP contribution in [0.3, 0.4) is 0 Å². The Balaban J connectivity index is 1.71. The Morgan fingerprint density at radius 2 is 1.81 bits per heavy atom. The molecule has 0 fully saturated rings. The van der Waals surface area contributed by atoms with Gasteiger partial charge in [-0.05, 0) is 41.3 Å². The molecule has 164 valence electrons. The summed E-state index contributed by atoms with van der Waals surface area (Å²) in [6, 6.07) is 11.0. The number of anilines is 1. The maximum atomic E-state index is 12.5. The van der Waals surface area contributed by atoms with Gasteiger partial charge in [0, 0.05) is 10.1 Å². The van der Waals surface area contributed by atoms with Gasteiger partial charge in [-0.25, -0.2) is 4.79 Å². The van der Waals surface area contributed by atoms with Crippen molar-refractivity contribution in [1.82, 2.24) is 0 Å². The predicted molar refractivity (Wildman–Crippen MR) is 124 cm³/mol. The van der Waals surface area contributed by atoms with E-state index in [0.29, 0.717) is 22.2 Å². The standard InChI is InChI=1S/C23H24ClNO5S/c1-23(2,3)13-6-9-17(29-5)16(10-13)25-19(26)12-30-22(27)21-20(24)15-8-7-14(28-4)11-18(15)31-21/h6-11H,12H2,1-5H3,(H,25,26). The topological polar surface area (TPSA) is 73.9 Å². The van der Waals surface area contributed by atoms with Crippen molar-refractivity contribution in [2.45, 2.75) is 26.2 Å². The molecule has 2 aromatic carbocycles. The second-order valence-corrected chi connectivity index (χ2v) is 9.33. The Hall–Kier alpha value is -2.77. The summed E-state index contributed by atoms with van der Waals surface area (Å²) >= 11 is 7.53. The average molecular weight is 462 g/mol. The van der Waals surface area contributed by atoms with Crippen molar-refractivity contribution in [3.8, 4) is 11.5 Å². The number of halogens is 1. The molecule has 0 aliphatic carbocycles. The summed E-state index contributed by atoms with van der Waals surface area (Å²) in [5, 5.41) is 3.78. The number of carbonyl (C=O) groups is 2. The summed E-state index contributed by atoms with van der Waals surface area (Å²) in [7, 11) is 3.09. The first-order valence-corrected chi connectivity index (χ1v) is 10.7. The van der Waals surface area contributed by atoms with Gasteiger partial charge in [0.05, 0.1) is 24.9 Å². The molecule has 0 atom stereocenters. The lowest BCUT2D eigenvalue weighted by molar-refractivity contribution is -0.119. The highest BCUT2D eigenvalue weighted by Gasteiger charge is 2.21. The Labute approximate surface area is 190 Å². The van der Waals surface area contributed by atoms with Crippen LogP contribution in [0.15, 0.2) is 36.4 Å². The largest absolute Gasteiger partial charge is 0.497 e. The van der Waals surface area contributed by atoms with Crippen LogP contribution in [0.2, 0.25) is 5.02 Å². The van der Waals surface area contributed by atoms with E-state index in [1.165, 1.54) is 18.4 Å². The monoisotopic (exact) mass is 461 g/mol. The predicted octanol–water partition coefficient (Wildman–Crippen LogP) is 5.66. The molecule has 0 spiro atoms. The van der Waals surface area contributed by atoms with Gasteiger partial charge in [-0.15, -0.1) is 11.3 Å². The third-order valence-corrected chi connectivity index (χ3v) is 6.33. The molecule has 0 saturated carbocycles. The van der Waals surface area contributed by atoms with Gasteiger partial charge in [-0.3, -0.25) is 4.79 Å². The van der Waals surface area contributed by atoms with Crippen LogP contribution in [0.4, 0.5) is 5.69 Å². The third kappa shape index (κ3) is 5.11. The van der Waals surface area contributed by atoms with Crippen molar-refractivity contribution in [3.05, 3.63) is 51.9 Å². The summed E-state index contributed by atoms with van der Waals surface area (Å²) in [6.45, 7) is 5.78. The highest BCUT2D eigenvalue weighted by atomic mass is 35.5. The van der Waals surface area contributed by atoms with Gasteiger partial charge >= 0.3 is 5.97 Å². The zero-order chi connectivity index (χ0) is 22.8. The molecule has 0 aliphatic rings. The molecule has 3 aromatic rings. The maximum Gasteiger partial charge on any atom is 0.350 e. The molecule has 6 nitrogen and oxygen atoms in total. The van der Waals surface area contributed by atoms with Gasteiger partial charge < -0.3 is 19.5 Å². The third-order valence-electron chi connectivity index (χ3n) is 4.70. The van der Waals surface area contributed by atoms with Crippen molar-refractivity contribution in [2.24, 2.45) is 0 Å². The number of thiophene rings is 1. The van der Waals surface area contributed by atoms with Crippen molar-refractivity contribution < 1.29 is 23.8 Å². The molecule has 1 heterocycles. The number of esters is 1. The Morgan fingerprint density at radius 1 is 1.06 bits per heavy atom. The van der Waals surface area contributed by atoms with E-state index in [4.69, 9.17) is 25.8 Å². The van der Waals surface area contributed by atoms with Crippen LogP contribution in [0.1, 0.15) is 36.0 Å². The first-order chi connectivity index (χ1) is 14.6. The van der Waals surface area contributed by atoms with Gasteiger partial charge in [0.1, 0.15) is 16.4 Å². The summed E-state index contributed by atoms with van der Waals surface area (Å²) in [5.41, 5.74) is 1.45. The quantitative estimate of drug-likeness (QED) is 0.479. The second kappa shape index (κ2) is 9.16. The molecule has 0 unspecified atom stereocenters. The van der Waals surface area contributed by atoms with Crippen LogP contribution in [-0.4, -0.2) is 32.7 Å². The molecule has 0 radical (unpaired) electrons. The highest BCUT2D eigenvalue weighted by Crippen LogP contribution is 2.37. The van der Waals surface area contributed by atoms with Crippen molar-refractivity contribution >= 4 is 50.6 Å². The van der Waals surface area contributed by atoms with Crippen LogP contribution in [0.5, 0.6) is 11.5 Å². The molecule has 31 heavy (non-hydrogen) atoms. The van der Waals surface area contributed by atoms with Crippen molar-refractivity contribution in [2.75, 3.05) is 26.1 Å². The van der Waals surface area contributed by atoms with Gasteiger partial charge in [0.15, 0.2) is 6.61 Å². The number of methoxy groups -OCH3 is 2. The summed E-state index contributed by atoms with van der Waals surface area (Å²) in [4.78, 5) is 25.2. The van der Waals surface area contributed by atoms with E-state index in [-0.39, 0.29) is 10.3 Å². The lowest BCUT2D eigenvalue weighted by Gasteiger charge is -2.21. The molecular formula is C23H24ClNO5S. The lowest BCUT2D eigenvalue weighted by atomic mass is 9.87. The van der Waals surface area contributed by atoms with Crippen LogP contribution in [-0.2, 0) is 14.9 Å². The van der Waals surface area contributed by atoms with E-state index in [0.717, 1.165) is 15.6 Å². The number of amides is 1. The fraction of sp³-hybridized carbons (Fsp3) is 0.304. The SMILES string of the molecule is COc1ccc2c(Cl)c(C(=O)OCC(=O)Nc3cc(C(C)(C)C)ccc3OC)sc2c1. The van der Waals surface area contributed by atoms with Gasteiger partial charge in [-0.2, -0.15) is 0 Å². The molecular weight excluding hydrogens is 438 g/mol. The number of carbonyl (C=O) groups excluding carboxylic acids is 2. The van der Waals surface area contributed by atoms with E-state index in [9.17, 15) is 9.59 Å². The minimum absolute atomic E-state index is 0.0984. The van der Waals surface area contributed by atoms with Crippen LogP contribution in [0.25, 0.3) is 10.1 Å². The van der Waals surface area contributed by atoms with Crippen molar-refractivity contribution in [3.63, 3.8) is 0 Å². The van der Waals surface area contributed by atoms with Crippen molar-refractivity contribution in [1.29, 1.82) is 0 Å². The van der Waals surface area contributed by atoms with E-state index in [1.54, 1.807) is 31.4 Å². The van der Waals surface area contributed by atoms with Crippen LogP contribution >= 0.6 is 22.9 Å². The van der Waals surface area contributed by atoms with Gasteiger partial charge in [-0.1, -0.05) is 38.4 Å². The number of rotatable bonds is 6. The molecule has 0 bridgehead atoms. The molecule has 1 aromatic heterocycles. The summed E-state index contributed by atoms with van der Waals surface area (Å²) in [6.07, 6.45) is 0. The minimum atomic E-state index is -0.657. The van der Waals surface area contributed by atoms with Gasteiger partial charge in [0.25, 0.3) is 5.91 Å². The number of nitrogens with one attached hydrogen (secondary N) is 1. The van der Waals surface area contributed by atoms with Crippen LogP contribution < -0.4 is 14.8 Å². The zero-order valence-electron chi connectivity index (χ0n) is 18.0. The second-order valence-electron chi connectivity index (χ2n) is 7.90. The number of hydrogen-bond acceptors (Lipinski definition) is 6. The smallest absolute Gasteiger partial charge is 0.350 e. The molecule has 8 heteroatoms. The van der Waals surface area contributed by atoms with E-state index in [2.05, 4.69) is 26.1 Å². The first kappa shape index (κ1) is 22.9. The molecule has 3 rings (SSSR count). The molecule has 1 N–H and O–H groups in total. The zero-order valence-corrected chi connectivity index (χ0v) is 19.6. The van der Waals surface area contributed by atoms with E-state index in [1.807, 2.05) is 12.1 Å². The fourth-order valence-electron chi connectivity index (χ4n) is 2.96. The number of fused-ring (bicyclic) bond motifs is 1. The maximum absolute atomic E-state index is 12.5. The van der Waals surface area contributed by atoms with E-state index >= 15 is 0 Å². The normalized spacial score (nSPS) is 11.3. The summed E-state index contributed by atoms with van der Waals surface area (Å²) in [5.74, 6) is 0.0534. The van der Waals surface area contributed by atoms with Crippen LogP contribution in [0, 0.1) is 0 Å². The number of hydrogen-bond donors (Lipinski definition) is 1. The number of ether oxygens (including phenoxy) is 3. The fourth-order valence-corrected chi connectivity index (χ4v) is 4.39.